The highest BCUT2D eigenvalue weighted by atomic mass is 19.1. The number of hydrogen-bond acceptors (Lipinski definition) is 7. The van der Waals surface area contributed by atoms with Crippen LogP contribution in [-0.2, 0) is 0 Å². The van der Waals surface area contributed by atoms with Crippen LogP contribution in [-0.4, -0.2) is 40.9 Å². The summed E-state index contributed by atoms with van der Waals surface area (Å²) in [5.41, 5.74) is 7.51. The molecule has 0 spiro atoms. The zero-order valence-electron chi connectivity index (χ0n) is 14.9. The Bertz CT molecular complexity index is 1080. The molecule has 3 heterocycles. The van der Waals surface area contributed by atoms with Gasteiger partial charge in [0, 0.05) is 24.8 Å². The first-order valence-electron chi connectivity index (χ1n) is 9.21. The van der Waals surface area contributed by atoms with E-state index in [1.54, 1.807) is 4.57 Å². The van der Waals surface area contributed by atoms with E-state index in [2.05, 4.69) is 5.43 Å². The lowest BCUT2D eigenvalue weighted by atomic mass is 10.0. The summed E-state index contributed by atoms with van der Waals surface area (Å²) in [7, 11) is 0. The van der Waals surface area contributed by atoms with Gasteiger partial charge in [0.15, 0.2) is 11.6 Å². The zero-order chi connectivity index (χ0) is 19.7. The lowest BCUT2D eigenvalue weighted by molar-refractivity contribution is 0.0695. The number of benzene rings is 1. The predicted molar refractivity (Wildman–Crippen MR) is 100 cm³/mol. The van der Waals surface area contributed by atoms with Crippen molar-refractivity contribution in [2.75, 3.05) is 23.5 Å². The third kappa shape index (κ3) is 2.24. The van der Waals surface area contributed by atoms with Crippen LogP contribution in [0, 0.1) is 5.82 Å². The van der Waals surface area contributed by atoms with Gasteiger partial charge in [-0.15, -0.1) is 0 Å². The molecule has 2 aliphatic heterocycles. The molecule has 2 fully saturated rings. The van der Waals surface area contributed by atoms with Gasteiger partial charge in [0.1, 0.15) is 23.5 Å². The molecule has 148 valence electrons. The van der Waals surface area contributed by atoms with Crippen molar-refractivity contribution in [2.24, 2.45) is 11.6 Å². The van der Waals surface area contributed by atoms with E-state index < -0.39 is 22.8 Å². The van der Waals surface area contributed by atoms with E-state index in [9.17, 15) is 14.7 Å². The van der Waals surface area contributed by atoms with Gasteiger partial charge < -0.3 is 30.5 Å². The predicted octanol–water partition coefficient (Wildman–Crippen LogP) is 0.758. The quantitative estimate of drug-likeness (QED) is 0.446. The molecule has 0 radical (unpaired) electrons. The Morgan fingerprint density at radius 1 is 1.36 bits per heavy atom. The van der Waals surface area contributed by atoms with Gasteiger partial charge in [-0.05, 0) is 19.3 Å². The van der Waals surface area contributed by atoms with E-state index in [-0.39, 0.29) is 40.6 Å². The first kappa shape index (κ1) is 17.3. The van der Waals surface area contributed by atoms with Crippen molar-refractivity contribution in [1.82, 2.24) is 4.57 Å². The summed E-state index contributed by atoms with van der Waals surface area (Å²) in [5, 5.41) is 9.36. The van der Waals surface area contributed by atoms with E-state index in [1.807, 2.05) is 4.90 Å². The van der Waals surface area contributed by atoms with Crippen molar-refractivity contribution in [2.45, 2.75) is 37.4 Å². The summed E-state index contributed by atoms with van der Waals surface area (Å²) in [5.74, 6) is 3.73. The molecule has 0 bridgehead atoms. The Kier molecular flexibility index (Phi) is 3.59. The molecule has 1 saturated carbocycles. The topological polar surface area (TPSA) is 136 Å². The number of rotatable bonds is 3. The van der Waals surface area contributed by atoms with Crippen molar-refractivity contribution in [1.29, 1.82) is 0 Å². The molecular weight excluding hydrogens is 369 g/mol. The summed E-state index contributed by atoms with van der Waals surface area (Å²) < 4.78 is 23.2. The van der Waals surface area contributed by atoms with Crippen LogP contribution in [0.4, 0.5) is 15.8 Å². The average Bonchev–Trinajstić information content (AvgIpc) is 3.42. The van der Waals surface area contributed by atoms with E-state index in [4.69, 9.17) is 16.3 Å². The lowest BCUT2D eigenvalue weighted by Crippen LogP contribution is -2.40. The van der Waals surface area contributed by atoms with Gasteiger partial charge in [0.05, 0.1) is 16.9 Å². The average molecular weight is 389 g/mol. The smallest absolute Gasteiger partial charge is 0.341 e. The van der Waals surface area contributed by atoms with Gasteiger partial charge in [-0.25, -0.2) is 9.18 Å². The highest BCUT2D eigenvalue weighted by Gasteiger charge is 2.41. The van der Waals surface area contributed by atoms with Gasteiger partial charge in [-0.3, -0.25) is 10.6 Å². The summed E-state index contributed by atoms with van der Waals surface area (Å²) in [6.45, 7) is 0.790. The first-order valence-corrected chi connectivity index (χ1v) is 9.21. The number of anilines is 2. The molecule has 2 atom stereocenters. The summed E-state index contributed by atoms with van der Waals surface area (Å²) in [6, 6.07) is -0.132. The van der Waals surface area contributed by atoms with Crippen molar-refractivity contribution < 1.29 is 19.0 Å². The summed E-state index contributed by atoms with van der Waals surface area (Å²) in [4.78, 5) is 26.4. The van der Waals surface area contributed by atoms with Crippen molar-refractivity contribution in [3.63, 3.8) is 0 Å². The fourth-order valence-corrected chi connectivity index (χ4v) is 4.42. The number of aromatic nitrogens is 1. The number of nitrogens with zero attached hydrogens (tertiary/aromatic N) is 2. The minimum atomic E-state index is -1.37. The fraction of sp³-hybridized carbons (Fsp3) is 0.444. The molecule has 9 nitrogen and oxygen atoms in total. The highest BCUT2D eigenvalue weighted by molar-refractivity contribution is 6.04. The maximum absolute atomic E-state index is 15.5. The van der Waals surface area contributed by atoms with Crippen LogP contribution in [0.5, 0.6) is 5.75 Å². The molecule has 0 amide bonds. The van der Waals surface area contributed by atoms with E-state index in [1.165, 1.54) is 6.20 Å². The number of hydrogen-bond donors (Lipinski definition) is 4. The number of hydrazine groups is 1. The molecule has 0 unspecified atom stereocenters. The van der Waals surface area contributed by atoms with Crippen LogP contribution in [0.25, 0.3) is 10.9 Å². The van der Waals surface area contributed by atoms with Gasteiger partial charge in [0.25, 0.3) is 0 Å². The minimum absolute atomic E-state index is 0.0311. The second-order valence-corrected chi connectivity index (χ2v) is 7.66. The van der Waals surface area contributed by atoms with Crippen LogP contribution in [0.1, 0.15) is 35.7 Å². The Hall–Kier alpha value is -2.85. The molecule has 28 heavy (non-hydrogen) atoms. The van der Waals surface area contributed by atoms with Crippen LogP contribution >= 0.6 is 0 Å². The number of aromatic carboxylic acids is 1. The summed E-state index contributed by atoms with van der Waals surface area (Å²) >= 11 is 0. The van der Waals surface area contributed by atoms with Crippen LogP contribution in [0.3, 0.4) is 0 Å². The number of halogens is 1. The molecule has 3 aliphatic rings. The van der Waals surface area contributed by atoms with E-state index in [0.717, 1.165) is 12.8 Å². The van der Waals surface area contributed by atoms with E-state index in [0.29, 0.717) is 25.1 Å². The Morgan fingerprint density at radius 2 is 2.11 bits per heavy atom. The molecule has 1 aliphatic carbocycles. The Labute approximate surface area is 158 Å². The number of nitrogen functional groups attached to an aromatic ring is 1. The molecular formula is C18H20FN5O4. The minimum Gasteiger partial charge on any atom is -0.487 e. The normalized spacial score (nSPS) is 23.3. The standard InChI is InChI=1S/C18H20FN5O4/c19-12-13(22-21)11-14(17-15(12)23-4-7(20)3-9(23)6-28-17)24(8-1-2-8)5-10(16(11)25)18(26)27/h5,7-9,22H,1-4,6,20-21H2,(H,26,27)/t7-,9-/m0/s1. The molecule has 2 aromatic rings. The maximum Gasteiger partial charge on any atom is 0.341 e. The monoisotopic (exact) mass is 389 g/mol. The molecule has 1 aromatic carbocycles. The molecule has 1 aromatic heterocycles. The molecule has 6 N–H and O–H groups in total. The van der Waals surface area contributed by atoms with Crippen LogP contribution < -0.4 is 32.1 Å². The van der Waals surface area contributed by atoms with Gasteiger partial charge in [-0.2, -0.15) is 0 Å². The number of nitrogens with two attached hydrogens (primary N) is 2. The SMILES string of the molecule is NNc1c(F)c2c(c3c1c(=O)c(C(=O)O)cn3C1CC1)OC[C@@H]1C[C@H](N)CN21. The number of ether oxygens (including phenoxy) is 1. The first-order chi connectivity index (χ1) is 13.4. The number of fused-ring (bicyclic) bond motifs is 5. The largest absolute Gasteiger partial charge is 0.487 e. The van der Waals surface area contributed by atoms with Crippen molar-refractivity contribution in [3.05, 3.63) is 27.8 Å². The fourth-order valence-electron chi connectivity index (χ4n) is 4.42. The number of carbonyl (C=O) groups is 1. The van der Waals surface area contributed by atoms with Crippen LogP contribution in [0.15, 0.2) is 11.0 Å². The van der Waals surface area contributed by atoms with Crippen molar-refractivity contribution >= 4 is 28.2 Å². The molecule has 10 heteroatoms. The second kappa shape index (κ2) is 5.82. The second-order valence-electron chi connectivity index (χ2n) is 7.66. The molecule has 5 rings (SSSR count). The lowest BCUT2D eigenvalue weighted by Gasteiger charge is -2.35. The van der Waals surface area contributed by atoms with Gasteiger partial charge in [0.2, 0.25) is 5.43 Å². The number of carboxylic acids is 1. The third-order valence-corrected chi connectivity index (χ3v) is 5.81. The number of nitrogens with one attached hydrogen (secondary N) is 1. The highest BCUT2D eigenvalue weighted by Crippen LogP contribution is 2.49. The third-order valence-electron chi connectivity index (χ3n) is 5.81. The zero-order valence-corrected chi connectivity index (χ0v) is 14.9. The van der Waals surface area contributed by atoms with Crippen LogP contribution in [0.2, 0.25) is 0 Å². The number of carboxylic acid groups (broad SMARTS) is 1. The summed E-state index contributed by atoms with van der Waals surface area (Å²) in [6.07, 6.45) is 3.68. The van der Waals surface area contributed by atoms with E-state index >= 15 is 4.39 Å². The number of pyridine rings is 1. The Balaban J connectivity index is 1.92. The molecule has 1 saturated heterocycles. The van der Waals surface area contributed by atoms with Crippen molar-refractivity contribution in [3.8, 4) is 5.75 Å². The maximum atomic E-state index is 15.5. The van der Waals surface area contributed by atoms with Gasteiger partial charge >= 0.3 is 5.97 Å². The van der Waals surface area contributed by atoms with Gasteiger partial charge in [-0.1, -0.05) is 0 Å². The Morgan fingerprint density at radius 3 is 2.75 bits per heavy atom.